The summed E-state index contributed by atoms with van der Waals surface area (Å²) in [6, 6.07) is 9.87. The third-order valence-electron chi connectivity index (χ3n) is 3.39. The van der Waals surface area contributed by atoms with Crippen LogP contribution in [0, 0.1) is 11.6 Å². The molecule has 1 N–H and O–H groups in total. The van der Waals surface area contributed by atoms with Crippen LogP contribution in [0.15, 0.2) is 42.5 Å². The molecule has 0 saturated heterocycles. The van der Waals surface area contributed by atoms with E-state index in [1.165, 1.54) is 0 Å². The van der Waals surface area contributed by atoms with Gasteiger partial charge in [0, 0.05) is 12.6 Å². The van der Waals surface area contributed by atoms with E-state index in [0.29, 0.717) is 19.0 Å². The van der Waals surface area contributed by atoms with Crippen LogP contribution in [0.25, 0.3) is 0 Å². The molecule has 1 amide bonds. The molecule has 0 saturated carbocycles. The lowest BCUT2D eigenvalue weighted by Gasteiger charge is -2.09. The van der Waals surface area contributed by atoms with Crippen LogP contribution < -0.4 is 10.1 Å². The molecule has 7 heteroatoms. The fourth-order valence-electron chi connectivity index (χ4n) is 2.16. The summed E-state index contributed by atoms with van der Waals surface area (Å²) in [6.45, 7) is -0.233. The molecular formula is C18H17F2NO4. The number of carbonyl (C=O) groups excluding carboxylic acids is 2. The van der Waals surface area contributed by atoms with Gasteiger partial charge in [0.05, 0.1) is 12.7 Å². The van der Waals surface area contributed by atoms with Gasteiger partial charge in [0.2, 0.25) is 0 Å². The monoisotopic (exact) mass is 349 g/mol. The van der Waals surface area contributed by atoms with E-state index < -0.39 is 35.7 Å². The maximum absolute atomic E-state index is 13.4. The Morgan fingerprint density at radius 3 is 2.60 bits per heavy atom. The van der Waals surface area contributed by atoms with Gasteiger partial charge in [0.25, 0.3) is 5.91 Å². The first kappa shape index (κ1) is 18.4. The van der Waals surface area contributed by atoms with Crippen LogP contribution in [0.2, 0.25) is 0 Å². The van der Waals surface area contributed by atoms with Crippen molar-refractivity contribution in [3.8, 4) is 5.75 Å². The predicted molar refractivity (Wildman–Crippen MR) is 86.3 cm³/mol. The van der Waals surface area contributed by atoms with Gasteiger partial charge in [0.1, 0.15) is 17.4 Å². The molecule has 0 radical (unpaired) electrons. The van der Waals surface area contributed by atoms with Crippen molar-refractivity contribution >= 4 is 11.9 Å². The summed E-state index contributed by atoms with van der Waals surface area (Å²) in [5.41, 5.74) is 0.499. The summed E-state index contributed by atoms with van der Waals surface area (Å²) in [5.74, 6) is -2.68. The first-order valence-electron chi connectivity index (χ1n) is 7.52. The highest BCUT2D eigenvalue weighted by Crippen LogP contribution is 2.17. The van der Waals surface area contributed by atoms with Crippen molar-refractivity contribution in [3.05, 3.63) is 65.2 Å². The SMILES string of the molecule is COc1ccccc1CCNC(=O)COC(=O)c1ccc(F)cc1F. The van der Waals surface area contributed by atoms with Gasteiger partial charge in [-0.2, -0.15) is 0 Å². The number of hydrogen-bond acceptors (Lipinski definition) is 4. The van der Waals surface area contributed by atoms with Crippen LogP contribution >= 0.6 is 0 Å². The van der Waals surface area contributed by atoms with Crippen molar-refractivity contribution < 1.29 is 27.8 Å². The number of para-hydroxylation sites is 1. The molecule has 0 unspecified atom stereocenters. The molecule has 2 aromatic carbocycles. The second-order valence-electron chi connectivity index (χ2n) is 5.11. The minimum atomic E-state index is -1.04. The number of halogens is 2. The topological polar surface area (TPSA) is 64.6 Å². The molecule has 0 aliphatic carbocycles. The van der Waals surface area contributed by atoms with E-state index >= 15 is 0 Å². The lowest BCUT2D eigenvalue weighted by Crippen LogP contribution is -2.30. The fourth-order valence-corrected chi connectivity index (χ4v) is 2.16. The molecule has 0 atom stereocenters. The summed E-state index contributed by atoms with van der Waals surface area (Å²) in [7, 11) is 1.56. The third kappa shape index (κ3) is 5.27. The Morgan fingerprint density at radius 2 is 1.88 bits per heavy atom. The van der Waals surface area contributed by atoms with Crippen LogP contribution in [0.4, 0.5) is 8.78 Å². The van der Waals surface area contributed by atoms with E-state index in [2.05, 4.69) is 5.32 Å². The van der Waals surface area contributed by atoms with Gasteiger partial charge in [-0.3, -0.25) is 4.79 Å². The van der Waals surface area contributed by atoms with E-state index in [0.717, 1.165) is 23.4 Å². The quantitative estimate of drug-likeness (QED) is 0.780. The molecule has 0 spiro atoms. The van der Waals surface area contributed by atoms with Gasteiger partial charge in [-0.15, -0.1) is 0 Å². The Labute approximate surface area is 143 Å². The van der Waals surface area contributed by atoms with Crippen molar-refractivity contribution in [2.45, 2.75) is 6.42 Å². The molecule has 132 valence electrons. The van der Waals surface area contributed by atoms with Crippen LogP contribution in [0.5, 0.6) is 5.75 Å². The maximum atomic E-state index is 13.4. The lowest BCUT2D eigenvalue weighted by molar-refractivity contribution is -0.124. The molecule has 5 nitrogen and oxygen atoms in total. The molecule has 0 bridgehead atoms. The average Bonchev–Trinajstić information content (AvgIpc) is 2.60. The van der Waals surface area contributed by atoms with Gasteiger partial charge in [0.15, 0.2) is 6.61 Å². The van der Waals surface area contributed by atoms with Gasteiger partial charge < -0.3 is 14.8 Å². The second kappa shape index (κ2) is 8.77. The predicted octanol–water partition coefficient (Wildman–Crippen LogP) is 2.49. The number of rotatable bonds is 7. The summed E-state index contributed by atoms with van der Waals surface area (Å²) >= 11 is 0. The summed E-state index contributed by atoms with van der Waals surface area (Å²) in [5, 5.41) is 2.59. The van der Waals surface area contributed by atoms with E-state index in [9.17, 15) is 18.4 Å². The number of hydrogen-bond donors (Lipinski definition) is 1. The second-order valence-corrected chi connectivity index (χ2v) is 5.11. The molecule has 2 rings (SSSR count). The van der Waals surface area contributed by atoms with E-state index in [4.69, 9.17) is 9.47 Å². The highest BCUT2D eigenvalue weighted by Gasteiger charge is 2.15. The number of benzene rings is 2. The van der Waals surface area contributed by atoms with Crippen LogP contribution in [0.1, 0.15) is 15.9 Å². The number of ether oxygens (including phenoxy) is 2. The smallest absolute Gasteiger partial charge is 0.341 e. The van der Waals surface area contributed by atoms with E-state index in [1.807, 2.05) is 24.3 Å². The van der Waals surface area contributed by atoms with Crippen molar-refractivity contribution in [3.63, 3.8) is 0 Å². The maximum Gasteiger partial charge on any atom is 0.341 e. The lowest BCUT2D eigenvalue weighted by atomic mass is 10.1. The number of amides is 1. The Kier molecular flexibility index (Phi) is 6.45. The summed E-state index contributed by atoms with van der Waals surface area (Å²) < 4.78 is 36.2. The van der Waals surface area contributed by atoms with Crippen LogP contribution in [0.3, 0.4) is 0 Å². The summed E-state index contributed by atoms with van der Waals surface area (Å²) in [6.07, 6.45) is 0.538. The zero-order valence-corrected chi connectivity index (χ0v) is 13.6. The van der Waals surface area contributed by atoms with Gasteiger partial charge in [-0.05, 0) is 30.2 Å². The fraction of sp³-hybridized carbons (Fsp3) is 0.222. The number of carbonyl (C=O) groups is 2. The largest absolute Gasteiger partial charge is 0.496 e. The highest BCUT2D eigenvalue weighted by molar-refractivity contribution is 5.91. The molecule has 0 aromatic heterocycles. The number of esters is 1. The Morgan fingerprint density at radius 1 is 1.12 bits per heavy atom. The molecule has 0 heterocycles. The zero-order valence-electron chi connectivity index (χ0n) is 13.6. The van der Waals surface area contributed by atoms with Gasteiger partial charge >= 0.3 is 5.97 Å². The third-order valence-corrected chi connectivity index (χ3v) is 3.39. The molecule has 0 fully saturated rings. The van der Waals surface area contributed by atoms with Crippen LogP contribution in [-0.2, 0) is 16.0 Å². The highest BCUT2D eigenvalue weighted by atomic mass is 19.1. The van der Waals surface area contributed by atoms with Crippen molar-refractivity contribution in [1.82, 2.24) is 5.32 Å². The summed E-state index contributed by atoms with van der Waals surface area (Å²) in [4.78, 5) is 23.4. The Hall–Kier alpha value is -2.96. The number of nitrogens with one attached hydrogen (secondary N) is 1. The van der Waals surface area contributed by atoms with E-state index in [1.54, 1.807) is 7.11 Å². The minimum Gasteiger partial charge on any atom is -0.496 e. The van der Waals surface area contributed by atoms with Crippen molar-refractivity contribution in [2.75, 3.05) is 20.3 Å². The molecule has 0 aliphatic rings. The number of methoxy groups -OCH3 is 1. The Balaban J connectivity index is 1.78. The van der Waals surface area contributed by atoms with Crippen molar-refractivity contribution in [2.24, 2.45) is 0 Å². The standard InChI is InChI=1S/C18H17F2NO4/c1-24-16-5-3-2-4-12(16)8-9-21-17(22)11-25-18(23)14-7-6-13(19)10-15(14)20/h2-7,10H,8-9,11H2,1H3,(H,21,22). The average molecular weight is 349 g/mol. The molecule has 2 aromatic rings. The van der Waals surface area contributed by atoms with Crippen LogP contribution in [-0.4, -0.2) is 32.1 Å². The van der Waals surface area contributed by atoms with Crippen molar-refractivity contribution in [1.29, 1.82) is 0 Å². The first-order valence-corrected chi connectivity index (χ1v) is 7.52. The molecular weight excluding hydrogens is 332 g/mol. The van der Waals surface area contributed by atoms with Gasteiger partial charge in [-0.25, -0.2) is 13.6 Å². The Bertz CT molecular complexity index is 764. The molecule has 0 aliphatic heterocycles. The molecule has 25 heavy (non-hydrogen) atoms. The van der Waals surface area contributed by atoms with E-state index in [-0.39, 0.29) is 0 Å². The zero-order chi connectivity index (χ0) is 18.2. The normalized spacial score (nSPS) is 10.2. The minimum absolute atomic E-state index is 0.321. The first-order chi connectivity index (χ1) is 12.0. The van der Waals surface area contributed by atoms with Gasteiger partial charge in [-0.1, -0.05) is 18.2 Å².